The van der Waals surface area contributed by atoms with Crippen LogP contribution in [0.15, 0.2) is 12.4 Å². The summed E-state index contributed by atoms with van der Waals surface area (Å²) in [7, 11) is 3.28. The Balaban J connectivity index is 0.00000220. The monoisotopic (exact) mass is 323 g/mol. The summed E-state index contributed by atoms with van der Waals surface area (Å²) in [5.74, 6) is 0. The van der Waals surface area contributed by atoms with Crippen LogP contribution in [0.25, 0.3) is 0 Å². The average molecular weight is 324 g/mol. The van der Waals surface area contributed by atoms with E-state index < -0.39 is 11.9 Å². The van der Waals surface area contributed by atoms with Crippen molar-refractivity contribution in [3.05, 3.63) is 34.9 Å². The first-order valence-electron chi connectivity index (χ1n) is 6.07. The molecule has 0 aliphatic heterocycles. The van der Waals surface area contributed by atoms with E-state index in [1.54, 1.807) is 11.7 Å². The van der Waals surface area contributed by atoms with Gasteiger partial charge in [-0.15, -0.1) is 12.4 Å². The first-order valence-corrected chi connectivity index (χ1v) is 6.07. The molecule has 9 heteroatoms. The van der Waals surface area contributed by atoms with Gasteiger partial charge in [-0.1, -0.05) is 0 Å². The Hall–Kier alpha value is -1.54. The van der Waals surface area contributed by atoms with Crippen LogP contribution < -0.4 is 5.32 Å². The van der Waals surface area contributed by atoms with Gasteiger partial charge in [-0.25, -0.2) is 0 Å². The van der Waals surface area contributed by atoms with Crippen molar-refractivity contribution in [3.63, 3.8) is 0 Å². The molecule has 0 fully saturated rings. The Kier molecular flexibility index (Phi) is 5.41. The third kappa shape index (κ3) is 4.21. The fraction of sp³-hybridized carbons (Fsp3) is 0.500. The fourth-order valence-electron chi connectivity index (χ4n) is 2.06. The molecule has 2 rings (SSSR count). The lowest BCUT2D eigenvalue weighted by Crippen LogP contribution is -2.16. The van der Waals surface area contributed by atoms with Crippen molar-refractivity contribution in [1.82, 2.24) is 24.9 Å². The first kappa shape index (κ1) is 17.5. The zero-order valence-corrected chi connectivity index (χ0v) is 12.7. The van der Waals surface area contributed by atoms with Gasteiger partial charge in [0.25, 0.3) is 0 Å². The lowest BCUT2D eigenvalue weighted by molar-refractivity contribution is -0.142. The van der Waals surface area contributed by atoms with Crippen molar-refractivity contribution in [1.29, 1.82) is 0 Å². The second kappa shape index (κ2) is 6.48. The highest BCUT2D eigenvalue weighted by atomic mass is 35.5. The summed E-state index contributed by atoms with van der Waals surface area (Å²) < 4.78 is 41.1. The van der Waals surface area contributed by atoms with Crippen molar-refractivity contribution >= 4 is 12.4 Å². The molecule has 0 radical (unpaired) electrons. The summed E-state index contributed by atoms with van der Waals surface area (Å²) in [5, 5.41) is 10.6. The molecule has 21 heavy (non-hydrogen) atoms. The molecule has 2 aromatic rings. The van der Waals surface area contributed by atoms with Crippen LogP contribution in [0.5, 0.6) is 0 Å². The van der Waals surface area contributed by atoms with Gasteiger partial charge >= 0.3 is 6.18 Å². The van der Waals surface area contributed by atoms with Crippen LogP contribution in [0, 0.1) is 6.92 Å². The molecule has 0 spiro atoms. The predicted molar refractivity (Wildman–Crippen MR) is 73.9 cm³/mol. The van der Waals surface area contributed by atoms with Gasteiger partial charge in [-0.2, -0.15) is 23.4 Å². The molecule has 0 aliphatic carbocycles. The number of rotatable bonds is 4. The summed E-state index contributed by atoms with van der Waals surface area (Å²) in [5.41, 5.74) is 1.13. The van der Waals surface area contributed by atoms with Gasteiger partial charge in [0, 0.05) is 50.7 Å². The highest BCUT2D eigenvalue weighted by molar-refractivity contribution is 5.85. The Morgan fingerprint density at radius 3 is 2.10 bits per heavy atom. The standard InChI is InChI=1S/C12H16F3N5.ClH/c1-8-9(6-19(2)17-8)4-16-5-10-7-20(3)18-11(10)12(13,14)15;/h6-7,16H,4-5H2,1-3H3;1H. The van der Waals surface area contributed by atoms with Gasteiger partial charge in [0.15, 0.2) is 5.69 Å². The maximum absolute atomic E-state index is 12.8. The van der Waals surface area contributed by atoms with Crippen LogP contribution in [0.2, 0.25) is 0 Å². The second-order valence-corrected chi connectivity index (χ2v) is 4.69. The Morgan fingerprint density at radius 1 is 1.05 bits per heavy atom. The molecule has 0 aromatic carbocycles. The highest BCUT2D eigenvalue weighted by Gasteiger charge is 2.36. The molecule has 0 aliphatic rings. The molecular weight excluding hydrogens is 307 g/mol. The van der Waals surface area contributed by atoms with E-state index in [0.717, 1.165) is 11.3 Å². The quantitative estimate of drug-likeness (QED) is 0.938. The van der Waals surface area contributed by atoms with E-state index in [4.69, 9.17) is 0 Å². The van der Waals surface area contributed by atoms with Gasteiger partial charge in [0.05, 0.1) is 5.69 Å². The topological polar surface area (TPSA) is 47.7 Å². The Labute approximate surface area is 126 Å². The molecule has 1 N–H and O–H groups in total. The fourth-order valence-corrected chi connectivity index (χ4v) is 2.06. The number of hydrogen-bond donors (Lipinski definition) is 1. The number of alkyl halides is 3. The van der Waals surface area contributed by atoms with E-state index in [0.29, 0.717) is 6.54 Å². The van der Waals surface area contributed by atoms with Crippen molar-refractivity contribution in [2.75, 3.05) is 0 Å². The summed E-state index contributed by atoms with van der Waals surface area (Å²) >= 11 is 0. The first-order chi connectivity index (χ1) is 9.27. The number of aromatic nitrogens is 4. The summed E-state index contributed by atoms with van der Waals surface area (Å²) in [6.07, 6.45) is -1.20. The van der Waals surface area contributed by atoms with E-state index >= 15 is 0 Å². The molecule has 118 valence electrons. The van der Waals surface area contributed by atoms with Gasteiger partial charge < -0.3 is 5.32 Å². The SMILES string of the molecule is Cc1nn(C)cc1CNCc1cn(C)nc1C(F)(F)F.Cl. The molecule has 2 aromatic heterocycles. The predicted octanol–water partition coefficient (Wildman–Crippen LogP) is 2.19. The van der Waals surface area contributed by atoms with Crippen LogP contribution in [-0.2, 0) is 33.4 Å². The number of nitrogens with one attached hydrogen (secondary N) is 1. The minimum atomic E-state index is -4.43. The van der Waals surface area contributed by atoms with E-state index in [-0.39, 0.29) is 24.5 Å². The molecule has 0 bridgehead atoms. The Bertz CT molecular complexity index is 603. The van der Waals surface area contributed by atoms with E-state index in [9.17, 15) is 13.2 Å². The van der Waals surface area contributed by atoms with Crippen molar-refractivity contribution < 1.29 is 13.2 Å². The summed E-state index contributed by atoms with van der Waals surface area (Å²) in [6.45, 7) is 2.44. The molecule has 0 saturated heterocycles. The number of nitrogens with zero attached hydrogens (tertiary/aromatic N) is 4. The summed E-state index contributed by atoms with van der Waals surface area (Å²) in [4.78, 5) is 0. The van der Waals surface area contributed by atoms with Crippen molar-refractivity contribution in [2.24, 2.45) is 14.1 Å². The molecule has 0 unspecified atom stereocenters. The molecular formula is C12H17ClF3N5. The third-order valence-corrected chi connectivity index (χ3v) is 2.92. The number of hydrogen-bond acceptors (Lipinski definition) is 3. The van der Waals surface area contributed by atoms with E-state index in [2.05, 4.69) is 15.5 Å². The molecule has 0 amide bonds. The molecule has 0 atom stereocenters. The van der Waals surface area contributed by atoms with Crippen LogP contribution in [0.4, 0.5) is 13.2 Å². The molecule has 2 heterocycles. The second-order valence-electron chi connectivity index (χ2n) is 4.69. The van der Waals surface area contributed by atoms with Crippen LogP contribution in [0.3, 0.4) is 0 Å². The maximum Gasteiger partial charge on any atom is 0.435 e. The van der Waals surface area contributed by atoms with Gasteiger partial charge in [0.2, 0.25) is 0 Å². The minimum absolute atomic E-state index is 0. The zero-order valence-electron chi connectivity index (χ0n) is 11.9. The lowest BCUT2D eigenvalue weighted by atomic mass is 10.2. The normalized spacial score (nSPS) is 11.5. The zero-order chi connectivity index (χ0) is 14.9. The van der Waals surface area contributed by atoms with Crippen LogP contribution in [-0.4, -0.2) is 19.6 Å². The molecule has 5 nitrogen and oxygen atoms in total. The van der Waals surface area contributed by atoms with Crippen molar-refractivity contribution in [3.8, 4) is 0 Å². The average Bonchev–Trinajstić information content (AvgIpc) is 2.82. The number of aryl methyl sites for hydroxylation is 3. The van der Waals surface area contributed by atoms with Gasteiger partial charge in [-0.05, 0) is 6.92 Å². The smallest absolute Gasteiger partial charge is 0.308 e. The van der Waals surface area contributed by atoms with Gasteiger partial charge in [0.1, 0.15) is 0 Å². The Morgan fingerprint density at radius 2 is 1.57 bits per heavy atom. The van der Waals surface area contributed by atoms with E-state index in [1.807, 2.05) is 13.1 Å². The van der Waals surface area contributed by atoms with Crippen molar-refractivity contribution in [2.45, 2.75) is 26.2 Å². The van der Waals surface area contributed by atoms with E-state index in [1.165, 1.54) is 17.9 Å². The highest BCUT2D eigenvalue weighted by Crippen LogP contribution is 2.30. The summed E-state index contributed by atoms with van der Waals surface area (Å²) in [6, 6.07) is 0. The van der Waals surface area contributed by atoms with Gasteiger partial charge in [-0.3, -0.25) is 9.36 Å². The number of halogens is 4. The van der Waals surface area contributed by atoms with Crippen LogP contribution in [0.1, 0.15) is 22.5 Å². The maximum atomic E-state index is 12.8. The minimum Gasteiger partial charge on any atom is -0.308 e. The van der Waals surface area contributed by atoms with Crippen LogP contribution >= 0.6 is 12.4 Å². The largest absolute Gasteiger partial charge is 0.435 e. The third-order valence-electron chi connectivity index (χ3n) is 2.92. The molecule has 0 saturated carbocycles. The lowest BCUT2D eigenvalue weighted by Gasteiger charge is -2.07.